The van der Waals surface area contributed by atoms with Crippen LogP contribution >= 0.6 is 0 Å². The minimum atomic E-state index is -0.784. The average molecular weight is 510 g/mol. The SMILES string of the molecule is CC(C)(C)OC(=O)N1CCN(c2ccc(Nc3ncc4cc(F)c(=O)n(C5CCCC5)c4n3)nc2)CC1. The van der Waals surface area contributed by atoms with Gasteiger partial charge in [-0.05, 0) is 51.8 Å². The van der Waals surface area contributed by atoms with Gasteiger partial charge in [0.15, 0.2) is 5.82 Å². The van der Waals surface area contributed by atoms with Crippen LogP contribution in [0, 0.1) is 5.82 Å². The number of piperazine rings is 1. The molecule has 0 bridgehead atoms. The summed E-state index contributed by atoms with van der Waals surface area (Å²) < 4.78 is 21.2. The fraction of sp³-hybridized carbons (Fsp3) is 0.500. The van der Waals surface area contributed by atoms with Gasteiger partial charge in [0.25, 0.3) is 5.56 Å². The van der Waals surface area contributed by atoms with E-state index in [0.717, 1.165) is 31.4 Å². The first kappa shape index (κ1) is 24.9. The fourth-order valence-corrected chi connectivity index (χ4v) is 4.88. The minimum absolute atomic E-state index is 0.0540. The Morgan fingerprint density at radius 1 is 1.08 bits per heavy atom. The summed E-state index contributed by atoms with van der Waals surface area (Å²) in [6, 6.07) is 4.92. The van der Waals surface area contributed by atoms with E-state index in [2.05, 4.69) is 25.2 Å². The molecule has 0 radical (unpaired) electrons. The molecule has 3 aromatic rings. The molecule has 1 aliphatic heterocycles. The van der Waals surface area contributed by atoms with Crippen molar-refractivity contribution in [3.05, 3.63) is 46.8 Å². The average Bonchev–Trinajstić information content (AvgIpc) is 3.39. The molecule has 0 unspecified atom stereocenters. The van der Waals surface area contributed by atoms with Gasteiger partial charge in [-0.25, -0.2) is 19.2 Å². The number of carbonyl (C=O) groups is 1. The van der Waals surface area contributed by atoms with E-state index in [-0.39, 0.29) is 18.1 Å². The van der Waals surface area contributed by atoms with Crippen LogP contribution in [-0.2, 0) is 4.74 Å². The van der Waals surface area contributed by atoms with Crippen LogP contribution in [0.3, 0.4) is 0 Å². The zero-order valence-electron chi connectivity index (χ0n) is 21.4. The molecular weight excluding hydrogens is 477 g/mol. The number of fused-ring (bicyclic) bond motifs is 1. The van der Waals surface area contributed by atoms with Crippen molar-refractivity contribution >= 4 is 34.6 Å². The molecule has 0 atom stereocenters. The first-order valence-electron chi connectivity index (χ1n) is 12.7. The molecule has 37 heavy (non-hydrogen) atoms. The highest BCUT2D eigenvalue weighted by atomic mass is 19.1. The monoisotopic (exact) mass is 509 g/mol. The van der Waals surface area contributed by atoms with E-state index < -0.39 is 17.0 Å². The topological polar surface area (TPSA) is 105 Å². The van der Waals surface area contributed by atoms with Gasteiger partial charge in [0.2, 0.25) is 5.95 Å². The Balaban J connectivity index is 1.27. The van der Waals surface area contributed by atoms with Crippen molar-refractivity contribution in [1.29, 1.82) is 0 Å². The van der Waals surface area contributed by atoms with Gasteiger partial charge in [0.05, 0.1) is 11.9 Å². The number of hydrogen-bond donors (Lipinski definition) is 1. The van der Waals surface area contributed by atoms with Crippen LogP contribution in [0.25, 0.3) is 11.0 Å². The summed E-state index contributed by atoms with van der Waals surface area (Å²) >= 11 is 0. The standard InChI is InChI=1S/C26H32FN7O3/c1-26(2,3)37-25(36)33-12-10-32(11-13-33)19-8-9-21(28-16-19)30-24-29-15-17-14-20(27)23(35)34(22(17)31-24)18-6-4-5-7-18/h8-9,14-16,18H,4-7,10-13H2,1-3H3,(H,28,29,30,31). The van der Waals surface area contributed by atoms with E-state index in [0.29, 0.717) is 43.0 Å². The molecule has 0 aromatic carbocycles. The van der Waals surface area contributed by atoms with E-state index in [1.165, 1.54) is 16.8 Å². The third-order valence-corrected chi connectivity index (χ3v) is 6.70. The van der Waals surface area contributed by atoms with E-state index >= 15 is 0 Å². The van der Waals surface area contributed by atoms with E-state index in [9.17, 15) is 14.0 Å². The van der Waals surface area contributed by atoms with Crippen LogP contribution in [0.2, 0.25) is 0 Å². The molecule has 1 aliphatic carbocycles. The Hall–Kier alpha value is -3.76. The number of nitrogens with one attached hydrogen (secondary N) is 1. The molecule has 196 valence electrons. The van der Waals surface area contributed by atoms with Gasteiger partial charge in [-0.3, -0.25) is 9.36 Å². The number of aromatic nitrogens is 4. The lowest BCUT2D eigenvalue weighted by Gasteiger charge is -2.36. The molecule has 1 amide bonds. The number of rotatable bonds is 4. The summed E-state index contributed by atoms with van der Waals surface area (Å²) in [5, 5.41) is 3.58. The first-order chi connectivity index (χ1) is 17.7. The Morgan fingerprint density at radius 3 is 2.46 bits per heavy atom. The second-order valence-electron chi connectivity index (χ2n) is 10.6. The Morgan fingerprint density at radius 2 is 1.81 bits per heavy atom. The normalized spacial score (nSPS) is 16.9. The van der Waals surface area contributed by atoms with E-state index in [1.807, 2.05) is 32.9 Å². The molecule has 5 rings (SSSR count). The van der Waals surface area contributed by atoms with Gasteiger partial charge in [-0.1, -0.05) is 12.8 Å². The summed E-state index contributed by atoms with van der Waals surface area (Å²) in [6.07, 6.45) is 6.69. The molecule has 2 fully saturated rings. The van der Waals surface area contributed by atoms with Crippen molar-refractivity contribution in [2.24, 2.45) is 0 Å². The number of carbonyl (C=O) groups excluding carboxylic acids is 1. The lowest BCUT2D eigenvalue weighted by atomic mass is 10.2. The van der Waals surface area contributed by atoms with Gasteiger partial charge >= 0.3 is 6.09 Å². The zero-order valence-corrected chi connectivity index (χ0v) is 21.4. The van der Waals surface area contributed by atoms with E-state index in [1.54, 1.807) is 11.1 Å². The maximum Gasteiger partial charge on any atom is 0.410 e. The summed E-state index contributed by atoms with van der Waals surface area (Å²) in [4.78, 5) is 42.1. The molecule has 1 saturated carbocycles. The largest absolute Gasteiger partial charge is 0.444 e. The minimum Gasteiger partial charge on any atom is -0.444 e. The molecule has 1 saturated heterocycles. The Kier molecular flexibility index (Phi) is 6.70. The third-order valence-electron chi connectivity index (χ3n) is 6.70. The smallest absolute Gasteiger partial charge is 0.410 e. The fourth-order valence-electron chi connectivity index (χ4n) is 4.88. The first-order valence-corrected chi connectivity index (χ1v) is 12.7. The van der Waals surface area contributed by atoms with Gasteiger partial charge < -0.3 is 19.9 Å². The van der Waals surface area contributed by atoms with Crippen molar-refractivity contribution in [2.45, 2.75) is 58.1 Å². The number of hydrogen-bond acceptors (Lipinski definition) is 8. The van der Waals surface area contributed by atoms with Crippen molar-refractivity contribution < 1.29 is 13.9 Å². The molecular formula is C26H32FN7O3. The summed E-state index contributed by atoms with van der Waals surface area (Å²) in [7, 11) is 0. The van der Waals surface area contributed by atoms with Crippen molar-refractivity contribution in [3.8, 4) is 0 Å². The predicted octanol–water partition coefficient (Wildman–Crippen LogP) is 4.24. The van der Waals surface area contributed by atoms with E-state index in [4.69, 9.17) is 4.74 Å². The molecule has 11 heteroatoms. The molecule has 4 heterocycles. The number of halogens is 1. The summed E-state index contributed by atoms with van der Waals surface area (Å²) in [5.74, 6) is 0.0525. The van der Waals surface area contributed by atoms with Crippen LogP contribution in [0.1, 0.15) is 52.5 Å². The van der Waals surface area contributed by atoms with Crippen molar-refractivity contribution in [2.75, 3.05) is 36.4 Å². The molecule has 3 aromatic heterocycles. The maximum absolute atomic E-state index is 14.3. The maximum atomic E-state index is 14.3. The number of amides is 1. The Bertz CT molecular complexity index is 1340. The van der Waals surface area contributed by atoms with Gasteiger partial charge in [-0.2, -0.15) is 4.98 Å². The third kappa shape index (κ3) is 5.50. The highest BCUT2D eigenvalue weighted by molar-refractivity contribution is 5.76. The predicted molar refractivity (Wildman–Crippen MR) is 139 cm³/mol. The number of ether oxygens (including phenoxy) is 1. The van der Waals surface area contributed by atoms with Gasteiger partial charge in [0.1, 0.15) is 17.1 Å². The number of anilines is 3. The highest BCUT2D eigenvalue weighted by Gasteiger charge is 2.26. The lowest BCUT2D eigenvalue weighted by Crippen LogP contribution is -2.50. The summed E-state index contributed by atoms with van der Waals surface area (Å²) in [5.41, 5.74) is 0.216. The zero-order chi connectivity index (χ0) is 26.2. The number of pyridine rings is 2. The molecule has 10 nitrogen and oxygen atoms in total. The second kappa shape index (κ2) is 9.95. The Labute approximate surface area is 214 Å². The van der Waals surface area contributed by atoms with Crippen LogP contribution in [-0.4, -0.2) is 62.3 Å². The van der Waals surface area contributed by atoms with Crippen LogP contribution in [0.15, 0.2) is 35.4 Å². The second-order valence-corrected chi connectivity index (χ2v) is 10.6. The van der Waals surface area contributed by atoms with Crippen LogP contribution in [0.4, 0.5) is 26.6 Å². The van der Waals surface area contributed by atoms with Crippen molar-refractivity contribution in [1.82, 2.24) is 24.4 Å². The van der Waals surface area contributed by atoms with Gasteiger partial charge in [0, 0.05) is 43.8 Å². The van der Waals surface area contributed by atoms with Crippen LogP contribution in [0.5, 0.6) is 0 Å². The molecule has 0 spiro atoms. The quantitative estimate of drug-likeness (QED) is 0.557. The highest BCUT2D eigenvalue weighted by Crippen LogP contribution is 2.31. The number of nitrogens with zero attached hydrogens (tertiary/aromatic N) is 6. The molecule has 1 N–H and O–H groups in total. The summed E-state index contributed by atoms with van der Waals surface area (Å²) in [6.45, 7) is 8.08. The van der Waals surface area contributed by atoms with Crippen molar-refractivity contribution in [3.63, 3.8) is 0 Å². The van der Waals surface area contributed by atoms with Crippen LogP contribution < -0.4 is 15.8 Å². The van der Waals surface area contributed by atoms with Gasteiger partial charge in [-0.15, -0.1) is 0 Å². The lowest BCUT2D eigenvalue weighted by molar-refractivity contribution is 0.0240. The molecule has 2 aliphatic rings.